The van der Waals surface area contributed by atoms with Gasteiger partial charge < -0.3 is 0 Å². The number of halogens is 5. The molecule has 0 fully saturated rings. The lowest BCUT2D eigenvalue weighted by Crippen LogP contribution is -2.20. The van der Waals surface area contributed by atoms with E-state index in [0.717, 1.165) is 17.4 Å². The van der Waals surface area contributed by atoms with Crippen molar-refractivity contribution in [2.75, 3.05) is 6.61 Å². The Morgan fingerprint density at radius 1 is 1.38 bits per heavy atom. The van der Waals surface area contributed by atoms with Crippen LogP contribution >= 0.6 is 34.5 Å². The average molecular weight is 315 g/mol. The largest absolute Gasteiger partial charge is 0.413 e. The maximum absolute atomic E-state index is 11.8. The maximum atomic E-state index is 11.8. The second kappa shape index (κ2) is 4.69. The Bertz CT molecular complexity index is 480. The van der Waals surface area contributed by atoms with E-state index in [1.807, 2.05) is 0 Å². The van der Waals surface area contributed by atoms with Crippen molar-refractivity contribution in [2.24, 2.45) is 0 Å². The van der Waals surface area contributed by atoms with Gasteiger partial charge in [0.2, 0.25) is 0 Å². The van der Waals surface area contributed by atoms with E-state index in [2.05, 4.69) is 4.18 Å². The predicted molar refractivity (Wildman–Crippen MR) is 53.5 cm³/mol. The number of hydrogen-bond donors (Lipinski definition) is 0. The molecule has 0 radical (unpaired) electrons. The molecule has 0 aliphatic carbocycles. The topological polar surface area (TPSA) is 43.4 Å². The first-order valence-electron chi connectivity index (χ1n) is 3.53. The van der Waals surface area contributed by atoms with Crippen molar-refractivity contribution >= 4 is 44.7 Å². The minimum absolute atomic E-state index is 0.0409. The molecule has 0 bridgehead atoms. The van der Waals surface area contributed by atoms with Gasteiger partial charge in [0.25, 0.3) is 10.1 Å². The number of alkyl halides is 3. The molecule has 16 heavy (non-hydrogen) atoms. The molecule has 0 aliphatic rings. The summed E-state index contributed by atoms with van der Waals surface area (Å²) in [7, 11) is -4.53. The summed E-state index contributed by atoms with van der Waals surface area (Å²) >= 11 is 11.6. The Kier molecular flexibility index (Phi) is 4.12. The summed E-state index contributed by atoms with van der Waals surface area (Å²) in [6.45, 7) is -1.90. The van der Waals surface area contributed by atoms with E-state index >= 15 is 0 Å². The van der Waals surface area contributed by atoms with Crippen LogP contribution in [0, 0.1) is 0 Å². The molecule has 0 saturated heterocycles. The lowest BCUT2D eigenvalue weighted by atomic mass is 10.7. The van der Waals surface area contributed by atoms with Crippen LogP contribution in [0.1, 0.15) is 0 Å². The molecule has 0 amide bonds. The molecule has 1 heterocycles. The highest BCUT2D eigenvalue weighted by Gasteiger charge is 2.32. The summed E-state index contributed by atoms with van der Waals surface area (Å²) in [4.78, 5) is -0.562. The highest BCUT2D eigenvalue weighted by molar-refractivity contribution is 7.87. The van der Waals surface area contributed by atoms with Gasteiger partial charge in [0.1, 0.15) is 9.23 Å². The molecule has 0 saturated carbocycles. The molecular weight excluding hydrogens is 312 g/mol. The van der Waals surface area contributed by atoms with Crippen LogP contribution in [0.4, 0.5) is 13.2 Å². The average Bonchev–Trinajstić information content (AvgIpc) is 2.42. The highest BCUT2D eigenvalue weighted by Crippen LogP contribution is 2.35. The second-order valence-corrected chi connectivity index (χ2v) is 6.39. The molecule has 3 nitrogen and oxygen atoms in total. The van der Waals surface area contributed by atoms with Gasteiger partial charge in [0.05, 0.1) is 4.34 Å². The van der Waals surface area contributed by atoms with Crippen LogP contribution in [0.15, 0.2) is 11.0 Å². The summed E-state index contributed by atoms with van der Waals surface area (Å²) in [5.41, 5.74) is 0. The van der Waals surface area contributed by atoms with E-state index in [9.17, 15) is 21.6 Å². The van der Waals surface area contributed by atoms with Crippen LogP contribution in [0.3, 0.4) is 0 Å². The van der Waals surface area contributed by atoms with Gasteiger partial charge in [-0.1, -0.05) is 23.2 Å². The number of hydrogen-bond acceptors (Lipinski definition) is 4. The van der Waals surface area contributed by atoms with Crippen molar-refractivity contribution in [1.82, 2.24) is 0 Å². The zero-order valence-electron chi connectivity index (χ0n) is 7.22. The third-order valence-electron chi connectivity index (χ3n) is 1.27. The minimum Gasteiger partial charge on any atom is -0.257 e. The quantitative estimate of drug-likeness (QED) is 0.804. The van der Waals surface area contributed by atoms with Crippen molar-refractivity contribution in [1.29, 1.82) is 0 Å². The first-order chi connectivity index (χ1) is 7.12. The molecule has 92 valence electrons. The van der Waals surface area contributed by atoms with Crippen LogP contribution in [-0.4, -0.2) is 21.2 Å². The first kappa shape index (κ1) is 14.0. The highest BCUT2D eigenvalue weighted by atomic mass is 35.5. The van der Waals surface area contributed by atoms with Gasteiger partial charge in [-0.05, 0) is 6.07 Å². The zero-order chi connectivity index (χ0) is 12.6. The minimum atomic E-state index is -4.74. The monoisotopic (exact) mass is 314 g/mol. The third-order valence-corrected chi connectivity index (χ3v) is 4.29. The van der Waals surface area contributed by atoms with Gasteiger partial charge in [0, 0.05) is 0 Å². The Morgan fingerprint density at radius 3 is 2.31 bits per heavy atom. The molecule has 0 N–H and O–H groups in total. The summed E-state index contributed by atoms with van der Waals surface area (Å²) in [5, 5.41) is 0. The normalized spacial score (nSPS) is 13.1. The van der Waals surface area contributed by atoms with Crippen molar-refractivity contribution in [3.05, 3.63) is 14.7 Å². The van der Waals surface area contributed by atoms with E-state index < -0.39 is 27.8 Å². The molecule has 0 aromatic carbocycles. The van der Waals surface area contributed by atoms with Gasteiger partial charge in [-0.25, -0.2) is 0 Å². The zero-order valence-corrected chi connectivity index (χ0v) is 10.4. The van der Waals surface area contributed by atoms with E-state index in [0.29, 0.717) is 0 Å². The van der Waals surface area contributed by atoms with Crippen molar-refractivity contribution in [3.63, 3.8) is 0 Å². The van der Waals surface area contributed by atoms with E-state index in [1.165, 1.54) is 0 Å². The number of rotatable bonds is 3. The lowest BCUT2D eigenvalue weighted by Gasteiger charge is -2.07. The molecule has 0 spiro atoms. The summed E-state index contributed by atoms with van der Waals surface area (Å²) in [6.07, 6.45) is -4.74. The molecule has 1 aromatic rings. The van der Waals surface area contributed by atoms with Gasteiger partial charge in [-0.15, -0.1) is 11.3 Å². The van der Waals surface area contributed by atoms with Gasteiger partial charge in [0.15, 0.2) is 6.61 Å². The summed E-state index contributed by atoms with van der Waals surface area (Å²) in [5.74, 6) is 0. The Hall–Kier alpha value is -0.0200. The van der Waals surface area contributed by atoms with Gasteiger partial charge in [-0.3, -0.25) is 4.18 Å². The van der Waals surface area contributed by atoms with E-state index in [4.69, 9.17) is 23.2 Å². The van der Waals surface area contributed by atoms with Gasteiger partial charge in [-0.2, -0.15) is 21.6 Å². The molecule has 0 unspecified atom stereocenters. The standard InChI is InChI=1S/C6H3Cl2F3O3S2/c7-4-1-3(5(8)15-4)16(12,13)14-2-6(9,10)11/h1H,2H2. The van der Waals surface area contributed by atoms with E-state index in [1.54, 1.807) is 0 Å². The van der Waals surface area contributed by atoms with E-state index in [-0.39, 0.29) is 8.67 Å². The Labute approximate surface area is 103 Å². The number of thiophene rings is 1. The van der Waals surface area contributed by atoms with Crippen LogP contribution in [0.2, 0.25) is 8.67 Å². The van der Waals surface area contributed by atoms with Crippen molar-refractivity contribution in [2.45, 2.75) is 11.1 Å². The smallest absolute Gasteiger partial charge is 0.257 e. The molecule has 0 aliphatic heterocycles. The van der Waals surface area contributed by atoms with Crippen LogP contribution in [0.5, 0.6) is 0 Å². The molecule has 0 atom stereocenters. The van der Waals surface area contributed by atoms with Crippen molar-refractivity contribution < 1.29 is 25.8 Å². The maximum Gasteiger partial charge on any atom is 0.413 e. The van der Waals surface area contributed by atoms with Crippen LogP contribution in [-0.2, 0) is 14.3 Å². The predicted octanol–water partition coefficient (Wildman–Crippen LogP) is 3.32. The van der Waals surface area contributed by atoms with Crippen LogP contribution in [0.25, 0.3) is 0 Å². The lowest BCUT2D eigenvalue weighted by molar-refractivity contribution is -0.152. The molecule has 1 aromatic heterocycles. The van der Waals surface area contributed by atoms with Crippen molar-refractivity contribution in [3.8, 4) is 0 Å². The first-order valence-corrected chi connectivity index (χ1v) is 6.51. The third kappa shape index (κ3) is 3.77. The SMILES string of the molecule is O=S(=O)(OCC(F)(F)F)c1cc(Cl)sc1Cl. The summed E-state index contributed by atoms with van der Waals surface area (Å²) in [6, 6.07) is 0.931. The Balaban J connectivity index is 2.91. The second-order valence-electron chi connectivity index (χ2n) is 2.52. The Morgan fingerprint density at radius 2 is 1.94 bits per heavy atom. The fraction of sp³-hybridized carbons (Fsp3) is 0.333. The van der Waals surface area contributed by atoms with Gasteiger partial charge >= 0.3 is 6.18 Å². The summed E-state index contributed by atoms with van der Waals surface area (Å²) < 4.78 is 61.4. The fourth-order valence-corrected chi connectivity index (χ4v) is 3.70. The molecular formula is C6H3Cl2F3O3S2. The van der Waals surface area contributed by atoms with Crippen LogP contribution < -0.4 is 0 Å². The molecule has 10 heteroatoms. The fourth-order valence-electron chi connectivity index (χ4n) is 0.703. The molecule has 1 rings (SSSR count).